The van der Waals surface area contributed by atoms with Crippen molar-refractivity contribution < 1.29 is 4.79 Å². The minimum Gasteiger partial charge on any atom is -0.298 e. The van der Waals surface area contributed by atoms with Gasteiger partial charge in [0.1, 0.15) is 5.78 Å². The number of carbonyl (C=O) groups is 1. The van der Waals surface area contributed by atoms with Gasteiger partial charge in [-0.05, 0) is 31.0 Å². The topological polar surface area (TPSA) is 30.0 Å². The monoisotopic (exact) mass is 285 g/mol. The Balaban J connectivity index is 1.75. The Kier molecular flexibility index (Phi) is 5.81. The second-order valence-electron chi connectivity index (χ2n) is 4.73. The number of rotatable bonds is 7. The molecule has 0 N–H and O–H groups in total. The molecule has 2 aromatic rings. The van der Waals surface area contributed by atoms with Crippen molar-refractivity contribution in [3.8, 4) is 0 Å². The minimum atomic E-state index is 0.0407. The quantitative estimate of drug-likeness (QED) is 0.772. The van der Waals surface area contributed by atoms with E-state index in [4.69, 9.17) is 0 Å². The number of thioether (sulfide) groups is 1. The van der Waals surface area contributed by atoms with E-state index in [0.717, 1.165) is 17.9 Å². The summed E-state index contributed by atoms with van der Waals surface area (Å²) in [6.45, 7) is 1.99. The van der Waals surface area contributed by atoms with E-state index in [0.29, 0.717) is 12.2 Å². The molecular weight excluding hydrogens is 266 g/mol. The summed E-state index contributed by atoms with van der Waals surface area (Å²) in [4.78, 5) is 16.3. The SMILES string of the molecule is C[C@H](SCc1ccccc1)C(=O)CCc1ccccn1. The number of ketones is 1. The Bertz CT molecular complexity index is 527. The fraction of sp³-hybridized carbons (Fsp3) is 0.294. The summed E-state index contributed by atoms with van der Waals surface area (Å²) < 4.78 is 0. The van der Waals surface area contributed by atoms with Gasteiger partial charge in [0, 0.05) is 24.1 Å². The highest BCUT2D eigenvalue weighted by molar-refractivity contribution is 7.99. The van der Waals surface area contributed by atoms with Crippen LogP contribution in [0, 0.1) is 0 Å². The van der Waals surface area contributed by atoms with Gasteiger partial charge in [0.05, 0.1) is 5.25 Å². The van der Waals surface area contributed by atoms with Crippen LogP contribution in [0.3, 0.4) is 0 Å². The molecule has 0 saturated heterocycles. The van der Waals surface area contributed by atoms with E-state index in [1.807, 2.05) is 43.3 Å². The van der Waals surface area contributed by atoms with Crippen molar-refractivity contribution in [2.45, 2.75) is 30.8 Å². The average Bonchev–Trinajstić information content (AvgIpc) is 2.52. The zero-order valence-electron chi connectivity index (χ0n) is 11.7. The molecule has 104 valence electrons. The molecule has 2 nitrogen and oxygen atoms in total. The molecule has 0 amide bonds. The van der Waals surface area contributed by atoms with Crippen LogP contribution in [0.5, 0.6) is 0 Å². The maximum absolute atomic E-state index is 12.1. The van der Waals surface area contributed by atoms with Gasteiger partial charge in [-0.1, -0.05) is 36.4 Å². The molecule has 1 aromatic carbocycles. The van der Waals surface area contributed by atoms with E-state index in [2.05, 4.69) is 17.1 Å². The van der Waals surface area contributed by atoms with E-state index in [1.54, 1.807) is 18.0 Å². The zero-order chi connectivity index (χ0) is 14.2. The Morgan fingerprint density at radius 3 is 2.60 bits per heavy atom. The first-order valence-corrected chi connectivity index (χ1v) is 7.89. The van der Waals surface area contributed by atoms with Crippen molar-refractivity contribution in [2.24, 2.45) is 0 Å². The first-order valence-electron chi connectivity index (χ1n) is 6.84. The number of hydrogen-bond acceptors (Lipinski definition) is 3. The molecule has 0 bridgehead atoms. The molecule has 0 aliphatic heterocycles. The Labute approximate surface area is 124 Å². The number of aromatic nitrogens is 1. The highest BCUT2D eigenvalue weighted by Gasteiger charge is 2.13. The van der Waals surface area contributed by atoms with Crippen LogP contribution in [0.2, 0.25) is 0 Å². The lowest BCUT2D eigenvalue weighted by Gasteiger charge is -2.10. The molecule has 3 heteroatoms. The van der Waals surface area contributed by atoms with Crippen LogP contribution in [0.15, 0.2) is 54.7 Å². The molecule has 1 atom stereocenters. The van der Waals surface area contributed by atoms with Crippen molar-refractivity contribution >= 4 is 17.5 Å². The van der Waals surface area contributed by atoms with Crippen LogP contribution >= 0.6 is 11.8 Å². The maximum atomic E-state index is 12.1. The van der Waals surface area contributed by atoms with Gasteiger partial charge >= 0.3 is 0 Å². The maximum Gasteiger partial charge on any atom is 0.145 e. The molecule has 0 saturated carbocycles. The van der Waals surface area contributed by atoms with E-state index >= 15 is 0 Å². The third-order valence-corrected chi connectivity index (χ3v) is 4.41. The standard InChI is InChI=1S/C17H19NOS/c1-14(20-13-15-7-3-2-4-8-15)17(19)11-10-16-9-5-6-12-18-16/h2-9,12,14H,10-11,13H2,1H3/t14-/m0/s1. The van der Waals surface area contributed by atoms with E-state index in [-0.39, 0.29) is 5.25 Å². The minimum absolute atomic E-state index is 0.0407. The van der Waals surface area contributed by atoms with Crippen LogP contribution in [0.4, 0.5) is 0 Å². The number of nitrogens with zero attached hydrogens (tertiary/aromatic N) is 1. The van der Waals surface area contributed by atoms with E-state index in [9.17, 15) is 4.79 Å². The lowest BCUT2D eigenvalue weighted by Crippen LogP contribution is -2.14. The highest BCUT2D eigenvalue weighted by atomic mass is 32.2. The Morgan fingerprint density at radius 2 is 1.90 bits per heavy atom. The van der Waals surface area contributed by atoms with Crippen LogP contribution in [-0.4, -0.2) is 16.0 Å². The molecule has 0 radical (unpaired) electrons. The molecule has 0 spiro atoms. The lowest BCUT2D eigenvalue weighted by atomic mass is 10.1. The second kappa shape index (κ2) is 7.85. The molecule has 0 fully saturated rings. The van der Waals surface area contributed by atoms with Crippen molar-refractivity contribution in [3.05, 3.63) is 66.0 Å². The van der Waals surface area contributed by atoms with E-state index < -0.39 is 0 Å². The number of hydrogen-bond donors (Lipinski definition) is 0. The number of pyridine rings is 1. The summed E-state index contributed by atoms with van der Waals surface area (Å²) >= 11 is 1.70. The largest absolute Gasteiger partial charge is 0.298 e. The molecule has 0 aliphatic carbocycles. The van der Waals surface area contributed by atoms with Gasteiger partial charge in [0.25, 0.3) is 0 Å². The van der Waals surface area contributed by atoms with Gasteiger partial charge < -0.3 is 0 Å². The van der Waals surface area contributed by atoms with Crippen molar-refractivity contribution in [1.29, 1.82) is 0 Å². The first-order chi connectivity index (χ1) is 9.75. The summed E-state index contributed by atoms with van der Waals surface area (Å²) in [6, 6.07) is 16.1. The first kappa shape index (κ1) is 14.8. The predicted molar refractivity (Wildman–Crippen MR) is 84.8 cm³/mol. The number of benzene rings is 1. The van der Waals surface area contributed by atoms with Crippen LogP contribution in [-0.2, 0) is 17.0 Å². The Morgan fingerprint density at radius 1 is 1.15 bits per heavy atom. The molecule has 20 heavy (non-hydrogen) atoms. The molecular formula is C17H19NOS. The van der Waals surface area contributed by atoms with Gasteiger partial charge in [0.15, 0.2) is 0 Å². The predicted octanol–water partition coefficient (Wildman–Crippen LogP) is 3.91. The number of carbonyl (C=O) groups excluding carboxylic acids is 1. The second-order valence-corrected chi connectivity index (χ2v) is 6.06. The van der Waals surface area contributed by atoms with Crippen molar-refractivity contribution in [3.63, 3.8) is 0 Å². The highest BCUT2D eigenvalue weighted by Crippen LogP contribution is 2.19. The van der Waals surface area contributed by atoms with Gasteiger partial charge in [-0.3, -0.25) is 9.78 Å². The summed E-state index contributed by atoms with van der Waals surface area (Å²) in [5.74, 6) is 1.19. The number of aryl methyl sites for hydroxylation is 1. The summed E-state index contributed by atoms with van der Waals surface area (Å²) in [6.07, 6.45) is 3.07. The summed E-state index contributed by atoms with van der Waals surface area (Å²) in [5.41, 5.74) is 2.25. The smallest absolute Gasteiger partial charge is 0.145 e. The molecule has 1 heterocycles. The fourth-order valence-corrected chi connectivity index (χ4v) is 2.83. The summed E-state index contributed by atoms with van der Waals surface area (Å²) in [5, 5.41) is 0.0407. The molecule has 0 aliphatic rings. The Hall–Kier alpha value is -1.61. The van der Waals surface area contributed by atoms with Crippen LogP contribution < -0.4 is 0 Å². The number of Topliss-reactive ketones (excluding diaryl/α,β-unsaturated/α-hetero) is 1. The van der Waals surface area contributed by atoms with Gasteiger partial charge in [0.2, 0.25) is 0 Å². The molecule has 0 unspecified atom stereocenters. The summed E-state index contributed by atoms with van der Waals surface area (Å²) in [7, 11) is 0. The third kappa shape index (κ3) is 4.82. The zero-order valence-corrected chi connectivity index (χ0v) is 12.5. The fourth-order valence-electron chi connectivity index (χ4n) is 1.89. The van der Waals surface area contributed by atoms with Gasteiger partial charge in [-0.2, -0.15) is 0 Å². The van der Waals surface area contributed by atoms with E-state index in [1.165, 1.54) is 5.56 Å². The van der Waals surface area contributed by atoms with Gasteiger partial charge in [-0.25, -0.2) is 0 Å². The lowest BCUT2D eigenvalue weighted by molar-refractivity contribution is -0.118. The normalized spacial score (nSPS) is 12.1. The van der Waals surface area contributed by atoms with Crippen LogP contribution in [0.25, 0.3) is 0 Å². The van der Waals surface area contributed by atoms with Crippen molar-refractivity contribution in [2.75, 3.05) is 0 Å². The molecule has 2 rings (SSSR count). The average molecular weight is 285 g/mol. The van der Waals surface area contributed by atoms with Gasteiger partial charge in [-0.15, -0.1) is 11.8 Å². The third-order valence-electron chi connectivity index (χ3n) is 3.15. The van der Waals surface area contributed by atoms with Crippen molar-refractivity contribution in [1.82, 2.24) is 4.98 Å². The van der Waals surface area contributed by atoms with Crippen LogP contribution in [0.1, 0.15) is 24.6 Å². The molecule has 1 aromatic heterocycles.